The average Bonchev–Trinajstić information content (AvgIpc) is 2.33. The summed E-state index contributed by atoms with van der Waals surface area (Å²) in [6.45, 7) is 7.15. The number of aliphatic hydroxyl groups excluding tert-OH is 1. The molecule has 0 aromatic heterocycles. The molecule has 0 aliphatic rings. The van der Waals surface area contributed by atoms with Gasteiger partial charge in [0.05, 0.1) is 0 Å². The van der Waals surface area contributed by atoms with Crippen LogP contribution in [0, 0.1) is 11.8 Å². The lowest BCUT2D eigenvalue weighted by molar-refractivity contribution is 0.225. The van der Waals surface area contributed by atoms with Crippen LogP contribution in [0.15, 0.2) is 0 Å². The third kappa shape index (κ3) is 12.2. The molecule has 0 saturated carbocycles. The fraction of sp³-hybridized carbons (Fsp3) is 1.00. The maximum atomic E-state index is 8.94. The van der Waals surface area contributed by atoms with Gasteiger partial charge < -0.3 is 5.11 Å². The summed E-state index contributed by atoms with van der Waals surface area (Å²) in [5.74, 6) is 1.38. The number of hydrogen-bond donors (Lipinski definition) is 1. The van der Waals surface area contributed by atoms with Crippen LogP contribution in [-0.2, 0) is 0 Å². The van der Waals surface area contributed by atoms with Crippen LogP contribution in [0.2, 0.25) is 0 Å². The molecule has 104 valence electrons. The van der Waals surface area contributed by atoms with Crippen LogP contribution in [-0.4, -0.2) is 11.7 Å². The molecule has 0 aromatic rings. The Balaban J connectivity index is 3.20. The van der Waals surface area contributed by atoms with E-state index in [1.807, 2.05) is 0 Å². The van der Waals surface area contributed by atoms with Crippen molar-refractivity contribution < 1.29 is 5.11 Å². The topological polar surface area (TPSA) is 20.2 Å². The van der Waals surface area contributed by atoms with Gasteiger partial charge in [-0.2, -0.15) is 0 Å². The van der Waals surface area contributed by atoms with Crippen LogP contribution in [0.25, 0.3) is 0 Å². The Labute approximate surface area is 109 Å². The van der Waals surface area contributed by atoms with Crippen molar-refractivity contribution in [3.8, 4) is 0 Å². The minimum Gasteiger partial charge on any atom is -0.396 e. The molecule has 2 atom stereocenters. The lowest BCUT2D eigenvalue weighted by Gasteiger charge is -2.12. The van der Waals surface area contributed by atoms with E-state index in [1.165, 1.54) is 64.2 Å². The van der Waals surface area contributed by atoms with Gasteiger partial charge in [0.2, 0.25) is 0 Å². The predicted octanol–water partition coefficient (Wildman–Crippen LogP) is 5.17. The fourth-order valence-corrected chi connectivity index (χ4v) is 2.32. The summed E-state index contributed by atoms with van der Waals surface area (Å²) in [5.41, 5.74) is 0. The van der Waals surface area contributed by atoms with Crippen molar-refractivity contribution >= 4 is 0 Å². The quantitative estimate of drug-likeness (QED) is 0.468. The first-order chi connectivity index (χ1) is 8.20. The second-order valence-corrected chi connectivity index (χ2v) is 5.88. The normalized spacial score (nSPS) is 14.8. The monoisotopic (exact) mass is 242 g/mol. The zero-order chi connectivity index (χ0) is 12.9. The Bertz CT molecular complexity index is 144. The van der Waals surface area contributed by atoms with E-state index in [0.717, 1.165) is 5.92 Å². The Morgan fingerprint density at radius 2 is 1.24 bits per heavy atom. The molecule has 1 heteroatoms. The molecule has 0 saturated heterocycles. The van der Waals surface area contributed by atoms with E-state index in [-0.39, 0.29) is 0 Å². The van der Waals surface area contributed by atoms with Crippen molar-refractivity contribution in [2.45, 2.75) is 85.0 Å². The molecular formula is C16H34O. The summed E-state index contributed by atoms with van der Waals surface area (Å²) < 4.78 is 0. The molecule has 0 fully saturated rings. The molecule has 1 N–H and O–H groups in total. The molecule has 0 aromatic carbocycles. The van der Waals surface area contributed by atoms with Crippen LogP contribution in [0.4, 0.5) is 0 Å². The summed E-state index contributed by atoms with van der Waals surface area (Å²) in [7, 11) is 0. The Morgan fingerprint density at radius 3 is 1.88 bits per heavy atom. The first-order valence-electron chi connectivity index (χ1n) is 7.81. The lowest BCUT2D eigenvalue weighted by atomic mass is 9.94. The lowest BCUT2D eigenvalue weighted by Crippen LogP contribution is -2.02. The number of hydrogen-bond acceptors (Lipinski definition) is 1. The van der Waals surface area contributed by atoms with Crippen LogP contribution in [0.5, 0.6) is 0 Å². The highest BCUT2D eigenvalue weighted by molar-refractivity contribution is 4.57. The molecule has 0 amide bonds. The average molecular weight is 242 g/mol. The third-order valence-corrected chi connectivity index (χ3v) is 3.76. The van der Waals surface area contributed by atoms with Crippen molar-refractivity contribution in [2.75, 3.05) is 6.61 Å². The highest BCUT2D eigenvalue weighted by atomic mass is 16.3. The Morgan fingerprint density at radius 1 is 0.706 bits per heavy atom. The number of aliphatic hydroxyl groups is 1. The Kier molecular flexibility index (Phi) is 12.4. The van der Waals surface area contributed by atoms with Gasteiger partial charge in [0.1, 0.15) is 0 Å². The van der Waals surface area contributed by atoms with Gasteiger partial charge in [-0.25, -0.2) is 0 Å². The zero-order valence-electron chi connectivity index (χ0n) is 12.4. The minimum atomic E-state index is 0.353. The zero-order valence-corrected chi connectivity index (χ0v) is 12.4. The van der Waals surface area contributed by atoms with Crippen LogP contribution >= 0.6 is 0 Å². The summed E-state index contributed by atoms with van der Waals surface area (Å²) in [4.78, 5) is 0. The van der Waals surface area contributed by atoms with Crippen molar-refractivity contribution in [1.82, 2.24) is 0 Å². The van der Waals surface area contributed by atoms with E-state index < -0.39 is 0 Å². The highest BCUT2D eigenvalue weighted by Crippen LogP contribution is 2.18. The van der Waals surface area contributed by atoms with Gasteiger partial charge in [-0.05, 0) is 18.3 Å². The van der Waals surface area contributed by atoms with Gasteiger partial charge in [0.25, 0.3) is 0 Å². The smallest absolute Gasteiger partial charge is 0.0456 e. The number of unbranched alkanes of at least 4 members (excludes halogenated alkanes) is 5. The van der Waals surface area contributed by atoms with Gasteiger partial charge in [-0.3, -0.25) is 0 Å². The second-order valence-electron chi connectivity index (χ2n) is 5.88. The highest BCUT2D eigenvalue weighted by Gasteiger charge is 2.04. The van der Waals surface area contributed by atoms with Crippen molar-refractivity contribution in [3.63, 3.8) is 0 Å². The van der Waals surface area contributed by atoms with Crippen molar-refractivity contribution in [2.24, 2.45) is 11.8 Å². The molecule has 0 aliphatic carbocycles. The van der Waals surface area contributed by atoms with Gasteiger partial charge in [0, 0.05) is 6.61 Å². The molecule has 0 rings (SSSR count). The van der Waals surface area contributed by atoms with E-state index in [2.05, 4.69) is 20.8 Å². The summed E-state index contributed by atoms with van der Waals surface area (Å²) in [5, 5.41) is 8.94. The fourth-order valence-electron chi connectivity index (χ4n) is 2.32. The SMILES string of the molecule is CCCCCCCC[C@H](C)CCC[C@H](C)CO. The number of rotatable bonds is 12. The van der Waals surface area contributed by atoms with E-state index in [1.54, 1.807) is 0 Å². The molecular weight excluding hydrogens is 208 g/mol. The van der Waals surface area contributed by atoms with Gasteiger partial charge >= 0.3 is 0 Å². The van der Waals surface area contributed by atoms with Gasteiger partial charge in [-0.15, -0.1) is 0 Å². The minimum absolute atomic E-state index is 0.353. The van der Waals surface area contributed by atoms with E-state index in [0.29, 0.717) is 12.5 Å². The van der Waals surface area contributed by atoms with E-state index in [9.17, 15) is 0 Å². The summed E-state index contributed by atoms with van der Waals surface area (Å²) in [6, 6.07) is 0. The molecule has 0 aliphatic heterocycles. The molecule has 0 heterocycles. The maximum Gasteiger partial charge on any atom is 0.0456 e. The summed E-state index contributed by atoms with van der Waals surface area (Å²) in [6.07, 6.45) is 13.7. The third-order valence-electron chi connectivity index (χ3n) is 3.76. The van der Waals surface area contributed by atoms with E-state index in [4.69, 9.17) is 5.11 Å². The predicted molar refractivity (Wildman–Crippen MR) is 77.3 cm³/mol. The maximum absolute atomic E-state index is 8.94. The largest absolute Gasteiger partial charge is 0.396 e. The molecule has 0 unspecified atom stereocenters. The van der Waals surface area contributed by atoms with Crippen molar-refractivity contribution in [1.29, 1.82) is 0 Å². The van der Waals surface area contributed by atoms with Crippen LogP contribution in [0.3, 0.4) is 0 Å². The molecule has 17 heavy (non-hydrogen) atoms. The second kappa shape index (κ2) is 12.4. The Hall–Kier alpha value is -0.0400. The van der Waals surface area contributed by atoms with Crippen molar-refractivity contribution in [3.05, 3.63) is 0 Å². The molecule has 0 spiro atoms. The standard InChI is InChI=1S/C16H34O/c1-4-5-6-7-8-9-11-15(2)12-10-13-16(3)14-17/h15-17H,4-14H2,1-3H3/t15-,16-/m0/s1. The first kappa shape index (κ1) is 17.0. The molecule has 0 bridgehead atoms. The van der Waals surface area contributed by atoms with Crippen LogP contribution in [0.1, 0.15) is 85.0 Å². The van der Waals surface area contributed by atoms with Crippen LogP contribution < -0.4 is 0 Å². The van der Waals surface area contributed by atoms with Gasteiger partial charge in [0.15, 0.2) is 0 Å². The van der Waals surface area contributed by atoms with Gasteiger partial charge in [-0.1, -0.05) is 78.6 Å². The van der Waals surface area contributed by atoms with E-state index >= 15 is 0 Å². The summed E-state index contributed by atoms with van der Waals surface area (Å²) >= 11 is 0. The first-order valence-corrected chi connectivity index (χ1v) is 7.81. The molecule has 0 radical (unpaired) electrons. The molecule has 1 nitrogen and oxygen atoms in total.